The molecule has 0 N–H and O–H groups in total. The van der Waals surface area contributed by atoms with Crippen molar-refractivity contribution >= 4 is 28.9 Å². The average molecular weight is 429 g/mol. The fraction of sp³-hybridized carbons (Fsp3) is 0.409. The first-order chi connectivity index (χ1) is 14.5. The van der Waals surface area contributed by atoms with Gasteiger partial charge in [0.1, 0.15) is 5.69 Å². The molecule has 0 spiro atoms. The van der Waals surface area contributed by atoms with Gasteiger partial charge in [-0.2, -0.15) is 0 Å². The van der Waals surface area contributed by atoms with Gasteiger partial charge in [0.05, 0.1) is 4.92 Å². The molecule has 158 valence electrons. The maximum absolute atomic E-state index is 13.0. The van der Waals surface area contributed by atoms with Gasteiger partial charge in [0.2, 0.25) is 0 Å². The smallest absolute Gasteiger partial charge is 0.293 e. The summed E-state index contributed by atoms with van der Waals surface area (Å²) < 4.78 is 0. The Labute approximate surface area is 181 Å². The van der Waals surface area contributed by atoms with Gasteiger partial charge in [-0.05, 0) is 42.7 Å². The minimum absolute atomic E-state index is 0.0177. The lowest BCUT2D eigenvalue weighted by Crippen LogP contribution is -2.48. The van der Waals surface area contributed by atoms with Gasteiger partial charge in [0.25, 0.3) is 11.6 Å². The van der Waals surface area contributed by atoms with Crippen molar-refractivity contribution in [1.82, 2.24) is 9.80 Å². The fourth-order valence-electron chi connectivity index (χ4n) is 4.17. The average Bonchev–Trinajstić information content (AvgIpc) is 3.30. The summed E-state index contributed by atoms with van der Waals surface area (Å²) in [7, 11) is 0. The SMILES string of the molecule is O=C(c1ccc(N2CCCC2)c([N+](=O)[O-])c1)N1CCN(Cc2ccc(Cl)cc2)CC1. The van der Waals surface area contributed by atoms with Crippen LogP contribution in [0.1, 0.15) is 28.8 Å². The summed E-state index contributed by atoms with van der Waals surface area (Å²) >= 11 is 5.94. The molecule has 0 aliphatic carbocycles. The second kappa shape index (κ2) is 9.02. The number of carbonyl (C=O) groups is 1. The van der Waals surface area contributed by atoms with Crippen molar-refractivity contribution in [3.63, 3.8) is 0 Å². The van der Waals surface area contributed by atoms with Gasteiger partial charge in [0, 0.05) is 62.5 Å². The monoisotopic (exact) mass is 428 g/mol. The van der Waals surface area contributed by atoms with Crippen molar-refractivity contribution in [2.45, 2.75) is 19.4 Å². The predicted molar refractivity (Wildman–Crippen MR) is 117 cm³/mol. The molecule has 2 saturated heterocycles. The van der Waals surface area contributed by atoms with Crippen LogP contribution < -0.4 is 4.90 Å². The zero-order valence-corrected chi connectivity index (χ0v) is 17.6. The Hall–Kier alpha value is -2.64. The molecule has 4 rings (SSSR count). The standard InChI is InChI=1S/C22H25ClN4O3/c23-19-6-3-17(4-7-19)16-24-11-13-26(14-12-24)22(28)18-5-8-20(21(15-18)27(29)30)25-9-1-2-10-25/h3-8,15H,1-2,9-14,16H2. The van der Waals surface area contributed by atoms with Crippen LogP contribution in [0.25, 0.3) is 0 Å². The van der Waals surface area contributed by atoms with Crippen LogP contribution in [0, 0.1) is 10.1 Å². The first kappa shape index (κ1) is 20.6. The Bertz CT molecular complexity index is 920. The Kier molecular flexibility index (Phi) is 6.20. The number of nitrogens with zero attached hydrogens (tertiary/aromatic N) is 4. The van der Waals surface area contributed by atoms with Crippen molar-refractivity contribution in [3.8, 4) is 0 Å². The van der Waals surface area contributed by atoms with Gasteiger partial charge in [-0.25, -0.2) is 0 Å². The molecule has 1 amide bonds. The Balaban J connectivity index is 1.40. The number of nitro groups is 1. The summed E-state index contributed by atoms with van der Waals surface area (Å²) in [6.45, 7) is 5.20. The minimum atomic E-state index is -0.380. The lowest BCUT2D eigenvalue weighted by Gasteiger charge is -2.34. The summed E-state index contributed by atoms with van der Waals surface area (Å²) in [4.78, 5) is 30.3. The topological polar surface area (TPSA) is 69.9 Å². The van der Waals surface area contributed by atoms with Crippen LogP contribution >= 0.6 is 11.6 Å². The molecule has 2 aromatic carbocycles. The van der Waals surface area contributed by atoms with Gasteiger partial charge >= 0.3 is 0 Å². The van der Waals surface area contributed by atoms with Crippen molar-refractivity contribution in [3.05, 3.63) is 68.7 Å². The van der Waals surface area contributed by atoms with E-state index in [0.29, 0.717) is 24.3 Å². The van der Waals surface area contributed by atoms with E-state index in [2.05, 4.69) is 4.90 Å². The van der Waals surface area contributed by atoms with E-state index in [0.717, 1.165) is 50.6 Å². The zero-order valence-electron chi connectivity index (χ0n) is 16.8. The van der Waals surface area contributed by atoms with Crippen LogP contribution in [0.3, 0.4) is 0 Å². The van der Waals surface area contributed by atoms with Crippen LogP contribution in [-0.4, -0.2) is 59.9 Å². The largest absolute Gasteiger partial charge is 0.366 e. The molecule has 2 aromatic rings. The van der Waals surface area contributed by atoms with Gasteiger partial charge in [-0.3, -0.25) is 19.8 Å². The third-order valence-corrected chi connectivity index (χ3v) is 6.10. The normalized spacial score (nSPS) is 17.4. The quantitative estimate of drug-likeness (QED) is 0.535. The highest BCUT2D eigenvalue weighted by Gasteiger charge is 2.27. The number of nitro benzene ring substituents is 1. The molecule has 2 aliphatic rings. The van der Waals surface area contributed by atoms with Gasteiger partial charge in [-0.1, -0.05) is 23.7 Å². The molecule has 0 aromatic heterocycles. The molecular weight excluding hydrogens is 404 g/mol. The van der Waals surface area contributed by atoms with E-state index >= 15 is 0 Å². The van der Waals surface area contributed by atoms with E-state index in [1.807, 2.05) is 29.2 Å². The van der Waals surface area contributed by atoms with Gasteiger partial charge < -0.3 is 9.80 Å². The van der Waals surface area contributed by atoms with Crippen molar-refractivity contribution in [1.29, 1.82) is 0 Å². The summed E-state index contributed by atoms with van der Waals surface area (Å²) in [5, 5.41) is 12.3. The first-order valence-electron chi connectivity index (χ1n) is 10.3. The molecule has 2 aliphatic heterocycles. The Morgan fingerprint density at radius 2 is 1.63 bits per heavy atom. The number of benzene rings is 2. The van der Waals surface area contributed by atoms with Crippen LogP contribution in [-0.2, 0) is 6.54 Å². The predicted octanol–water partition coefficient (Wildman–Crippen LogP) is 3.81. The number of anilines is 1. The Morgan fingerprint density at radius 3 is 2.27 bits per heavy atom. The second-order valence-electron chi connectivity index (χ2n) is 7.85. The van der Waals surface area contributed by atoms with Crippen LogP contribution in [0.2, 0.25) is 5.02 Å². The third kappa shape index (κ3) is 4.57. The van der Waals surface area contributed by atoms with Gasteiger partial charge in [0.15, 0.2) is 0 Å². The number of piperazine rings is 1. The highest BCUT2D eigenvalue weighted by atomic mass is 35.5. The molecule has 2 fully saturated rings. The summed E-state index contributed by atoms with van der Waals surface area (Å²) in [6.07, 6.45) is 2.08. The zero-order chi connectivity index (χ0) is 21.1. The molecule has 7 nitrogen and oxygen atoms in total. The van der Waals surface area contributed by atoms with Crippen LogP contribution in [0.4, 0.5) is 11.4 Å². The molecule has 0 unspecified atom stereocenters. The molecule has 0 radical (unpaired) electrons. The summed E-state index contributed by atoms with van der Waals surface area (Å²) in [5.74, 6) is -0.141. The third-order valence-electron chi connectivity index (χ3n) is 5.84. The number of carbonyl (C=O) groups excluding carboxylic acids is 1. The first-order valence-corrected chi connectivity index (χ1v) is 10.7. The van der Waals surface area contributed by atoms with Crippen LogP contribution in [0.15, 0.2) is 42.5 Å². The van der Waals surface area contributed by atoms with E-state index < -0.39 is 0 Å². The number of hydrogen-bond acceptors (Lipinski definition) is 5. The Morgan fingerprint density at radius 1 is 0.967 bits per heavy atom. The van der Waals surface area contributed by atoms with E-state index in [1.165, 1.54) is 11.6 Å². The number of rotatable bonds is 5. The maximum atomic E-state index is 13.0. The minimum Gasteiger partial charge on any atom is -0.366 e. The molecule has 0 saturated carbocycles. The molecule has 0 bridgehead atoms. The number of halogens is 1. The second-order valence-corrected chi connectivity index (χ2v) is 8.29. The highest BCUT2D eigenvalue weighted by molar-refractivity contribution is 6.30. The van der Waals surface area contributed by atoms with Crippen molar-refractivity contribution in [2.75, 3.05) is 44.2 Å². The van der Waals surface area contributed by atoms with E-state index in [4.69, 9.17) is 11.6 Å². The van der Waals surface area contributed by atoms with E-state index in [-0.39, 0.29) is 16.5 Å². The highest BCUT2D eigenvalue weighted by Crippen LogP contribution is 2.32. The summed E-state index contributed by atoms with van der Waals surface area (Å²) in [6, 6.07) is 12.7. The summed E-state index contributed by atoms with van der Waals surface area (Å²) in [5.41, 5.74) is 2.20. The van der Waals surface area contributed by atoms with Crippen molar-refractivity contribution in [2.24, 2.45) is 0 Å². The molecule has 8 heteroatoms. The van der Waals surface area contributed by atoms with Crippen LogP contribution in [0.5, 0.6) is 0 Å². The lowest BCUT2D eigenvalue weighted by molar-refractivity contribution is -0.384. The van der Waals surface area contributed by atoms with E-state index in [1.54, 1.807) is 17.0 Å². The van der Waals surface area contributed by atoms with Gasteiger partial charge in [-0.15, -0.1) is 0 Å². The van der Waals surface area contributed by atoms with Crippen molar-refractivity contribution < 1.29 is 9.72 Å². The maximum Gasteiger partial charge on any atom is 0.293 e. The number of hydrogen-bond donors (Lipinski definition) is 0. The van der Waals surface area contributed by atoms with E-state index in [9.17, 15) is 14.9 Å². The lowest BCUT2D eigenvalue weighted by atomic mass is 10.1. The molecule has 0 atom stereocenters. The molecule has 30 heavy (non-hydrogen) atoms. The fourth-order valence-corrected chi connectivity index (χ4v) is 4.29. The molecular formula is C22H25ClN4O3. The molecule has 2 heterocycles. The number of amides is 1.